The van der Waals surface area contributed by atoms with Crippen molar-refractivity contribution in [2.24, 2.45) is 0 Å². The Hall–Kier alpha value is -3.99. The largest absolute Gasteiger partial charge is 0.465 e. The van der Waals surface area contributed by atoms with E-state index >= 15 is 0 Å². The van der Waals surface area contributed by atoms with Gasteiger partial charge in [-0.25, -0.2) is 13.6 Å². The molecular formula is C24H20F2N4O4S. The molecule has 0 atom stereocenters. The van der Waals surface area contributed by atoms with Gasteiger partial charge in [-0.2, -0.15) is 0 Å². The number of methoxy groups -OCH3 is 1. The molecule has 0 saturated carbocycles. The minimum Gasteiger partial charge on any atom is -0.465 e. The van der Waals surface area contributed by atoms with Crippen molar-refractivity contribution in [1.82, 2.24) is 19.7 Å². The normalized spacial score (nSPS) is 11.0. The summed E-state index contributed by atoms with van der Waals surface area (Å²) in [6, 6.07) is 6.43. The molecule has 8 nitrogen and oxygen atoms in total. The van der Waals surface area contributed by atoms with E-state index in [0.717, 1.165) is 36.5 Å². The average Bonchev–Trinajstić information content (AvgIpc) is 3.32. The summed E-state index contributed by atoms with van der Waals surface area (Å²) in [7, 11) is 1.12. The highest BCUT2D eigenvalue weighted by molar-refractivity contribution is 7.14. The third kappa shape index (κ3) is 5.24. The molecule has 0 saturated heterocycles. The van der Waals surface area contributed by atoms with Crippen LogP contribution in [0.4, 0.5) is 8.78 Å². The molecule has 180 valence electrons. The van der Waals surface area contributed by atoms with Crippen LogP contribution in [0.2, 0.25) is 0 Å². The van der Waals surface area contributed by atoms with Gasteiger partial charge in [-0.1, -0.05) is 25.2 Å². The van der Waals surface area contributed by atoms with Crippen LogP contribution in [0.5, 0.6) is 11.5 Å². The predicted molar refractivity (Wildman–Crippen MR) is 125 cm³/mol. The van der Waals surface area contributed by atoms with Crippen LogP contribution in [0, 0.1) is 11.6 Å². The van der Waals surface area contributed by atoms with Crippen LogP contribution >= 0.6 is 11.3 Å². The Morgan fingerprint density at radius 1 is 1.14 bits per heavy atom. The molecule has 0 unspecified atom stereocenters. The summed E-state index contributed by atoms with van der Waals surface area (Å²) >= 11 is 1.30. The summed E-state index contributed by atoms with van der Waals surface area (Å²) in [4.78, 5) is 27.9. The summed E-state index contributed by atoms with van der Waals surface area (Å²) in [5, 5.41) is 9.37. The van der Waals surface area contributed by atoms with Gasteiger partial charge >= 0.3 is 5.97 Å². The molecule has 2 aromatic carbocycles. The molecule has 0 aliphatic heterocycles. The van der Waals surface area contributed by atoms with Gasteiger partial charge in [-0.3, -0.25) is 9.78 Å². The maximum absolute atomic E-state index is 14.9. The summed E-state index contributed by atoms with van der Waals surface area (Å²) in [5.74, 6) is -2.01. The lowest BCUT2D eigenvalue weighted by Gasteiger charge is -2.15. The van der Waals surface area contributed by atoms with Crippen LogP contribution in [0.1, 0.15) is 40.7 Å². The van der Waals surface area contributed by atoms with E-state index < -0.39 is 23.2 Å². The monoisotopic (exact) mass is 498 g/mol. The van der Waals surface area contributed by atoms with Crippen molar-refractivity contribution in [3.8, 4) is 22.1 Å². The van der Waals surface area contributed by atoms with E-state index in [4.69, 9.17) is 4.74 Å². The fourth-order valence-corrected chi connectivity index (χ4v) is 4.08. The van der Waals surface area contributed by atoms with Crippen molar-refractivity contribution >= 4 is 17.3 Å². The van der Waals surface area contributed by atoms with Crippen LogP contribution in [-0.2, 0) is 11.3 Å². The van der Waals surface area contributed by atoms with Crippen molar-refractivity contribution < 1.29 is 23.0 Å². The SMILES string of the molecule is COC(=O)c1cc(Oc2ccc(-c3nnc(C(C)C)s3)c(F)c2)c(Cn2ccncc2=O)cc1F. The number of carbonyl (C=O) groups excluding carboxylic acids is 1. The minimum atomic E-state index is -0.904. The Morgan fingerprint density at radius 3 is 2.60 bits per heavy atom. The number of nitrogens with zero attached hydrogens (tertiary/aromatic N) is 4. The second-order valence-electron chi connectivity index (χ2n) is 7.82. The Bertz CT molecular complexity index is 1450. The summed E-state index contributed by atoms with van der Waals surface area (Å²) < 4.78 is 41.4. The molecule has 4 rings (SSSR count). The number of rotatable bonds is 7. The van der Waals surface area contributed by atoms with Gasteiger partial charge in [0.05, 0.1) is 25.4 Å². The number of esters is 1. The van der Waals surface area contributed by atoms with E-state index in [2.05, 4.69) is 19.9 Å². The number of hydrogen-bond acceptors (Lipinski definition) is 8. The first-order valence-electron chi connectivity index (χ1n) is 10.5. The van der Waals surface area contributed by atoms with Gasteiger partial charge < -0.3 is 14.0 Å². The number of ether oxygens (including phenoxy) is 2. The number of halogens is 2. The molecule has 2 heterocycles. The van der Waals surface area contributed by atoms with E-state index in [-0.39, 0.29) is 40.7 Å². The Kier molecular flexibility index (Phi) is 6.97. The Morgan fingerprint density at radius 2 is 1.94 bits per heavy atom. The fraction of sp³-hybridized carbons (Fsp3) is 0.208. The highest BCUT2D eigenvalue weighted by atomic mass is 32.1. The molecule has 0 radical (unpaired) electrons. The molecule has 2 aromatic heterocycles. The zero-order valence-corrected chi connectivity index (χ0v) is 19.8. The zero-order valence-electron chi connectivity index (χ0n) is 19.0. The molecule has 0 amide bonds. The van der Waals surface area contributed by atoms with E-state index in [0.29, 0.717) is 5.01 Å². The molecule has 0 bridgehead atoms. The maximum atomic E-state index is 14.9. The topological polar surface area (TPSA) is 96.2 Å². The summed E-state index contributed by atoms with van der Waals surface area (Å²) in [6.45, 7) is 3.87. The van der Waals surface area contributed by atoms with Gasteiger partial charge in [0, 0.05) is 35.5 Å². The average molecular weight is 499 g/mol. The minimum absolute atomic E-state index is 0.0562. The van der Waals surface area contributed by atoms with Crippen molar-refractivity contribution in [2.75, 3.05) is 7.11 Å². The van der Waals surface area contributed by atoms with E-state index in [1.807, 2.05) is 13.8 Å². The van der Waals surface area contributed by atoms with Gasteiger partial charge in [-0.15, -0.1) is 10.2 Å². The standard InChI is InChI=1S/C24H20F2N4O4S/c1-13(2)22-28-29-23(35-22)16-5-4-15(9-19(16)26)34-20-10-17(24(32)33-3)18(25)8-14(20)12-30-7-6-27-11-21(30)31/h4-11,13H,12H2,1-3H3. The second-order valence-corrected chi connectivity index (χ2v) is 8.83. The smallest absolute Gasteiger partial charge is 0.340 e. The second kappa shape index (κ2) is 10.1. The van der Waals surface area contributed by atoms with Crippen molar-refractivity contribution in [2.45, 2.75) is 26.3 Å². The molecule has 0 spiro atoms. The highest BCUT2D eigenvalue weighted by Crippen LogP contribution is 2.34. The van der Waals surface area contributed by atoms with E-state index in [9.17, 15) is 18.4 Å². The first-order valence-corrected chi connectivity index (χ1v) is 11.3. The van der Waals surface area contributed by atoms with Gasteiger partial charge in [0.1, 0.15) is 28.1 Å². The lowest BCUT2D eigenvalue weighted by Crippen LogP contribution is -2.20. The van der Waals surface area contributed by atoms with Crippen LogP contribution in [0.25, 0.3) is 10.6 Å². The van der Waals surface area contributed by atoms with Crippen LogP contribution in [-0.4, -0.2) is 32.8 Å². The Labute approximate surface area is 202 Å². The lowest BCUT2D eigenvalue weighted by molar-refractivity contribution is 0.0595. The fourth-order valence-electron chi connectivity index (χ4n) is 3.20. The summed E-state index contributed by atoms with van der Waals surface area (Å²) in [5.41, 5.74) is -0.261. The number of aromatic nitrogens is 4. The first-order chi connectivity index (χ1) is 16.8. The maximum Gasteiger partial charge on any atom is 0.340 e. The van der Waals surface area contributed by atoms with E-state index in [1.165, 1.54) is 40.4 Å². The van der Waals surface area contributed by atoms with Gasteiger partial charge in [0.25, 0.3) is 5.56 Å². The quantitative estimate of drug-likeness (QED) is 0.338. The molecule has 11 heteroatoms. The molecule has 0 aliphatic carbocycles. The third-order valence-electron chi connectivity index (χ3n) is 5.03. The van der Waals surface area contributed by atoms with Gasteiger partial charge in [0.15, 0.2) is 5.01 Å². The number of hydrogen-bond donors (Lipinski definition) is 0. The van der Waals surface area contributed by atoms with E-state index in [1.54, 1.807) is 0 Å². The first kappa shape index (κ1) is 24.1. The number of carbonyl (C=O) groups is 1. The summed E-state index contributed by atoms with van der Waals surface area (Å²) in [6.07, 6.45) is 3.96. The van der Waals surface area contributed by atoms with Crippen molar-refractivity contribution in [1.29, 1.82) is 0 Å². The highest BCUT2D eigenvalue weighted by Gasteiger charge is 2.20. The number of benzene rings is 2. The van der Waals surface area contributed by atoms with Gasteiger partial charge in [-0.05, 0) is 24.3 Å². The van der Waals surface area contributed by atoms with Crippen LogP contribution in [0.15, 0.2) is 53.7 Å². The molecule has 4 aromatic rings. The molecule has 35 heavy (non-hydrogen) atoms. The van der Waals surface area contributed by atoms with Crippen LogP contribution in [0.3, 0.4) is 0 Å². The molecular weight excluding hydrogens is 478 g/mol. The predicted octanol–water partition coefficient (Wildman–Crippen LogP) is 4.79. The zero-order chi connectivity index (χ0) is 25.1. The molecule has 0 aliphatic rings. The van der Waals surface area contributed by atoms with Gasteiger partial charge in [0.2, 0.25) is 0 Å². The molecule has 0 N–H and O–H groups in total. The Balaban J connectivity index is 1.71. The molecule has 0 fully saturated rings. The lowest BCUT2D eigenvalue weighted by atomic mass is 10.1. The van der Waals surface area contributed by atoms with Crippen molar-refractivity contribution in [3.63, 3.8) is 0 Å². The third-order valence-corrected chi connectivity index (χ3v) is 6.29. The van der Waals surface area contributed by atoms with Crippen molar-refractivity contribution in [3.05, 3.63) is 87.0 Å². The van der Waals surface area contributed by atoms with Crippen LogP contribution < -0.4 is 10.3 Å².